The molecule has 1 aromatic carbocycles. The van der Waals surface area contributed by atoms with Gasteiger partial charge in [-0.1, -0.05) is 23.3 Å². The highest BCUT2D eigenvalue weighted by atomic mass is 15.6. The molecule has 10 nitrogen and oxygen atoms in total. The van der Waals surface area contributed by atoms with Gasteiger partial charge in [0, 0.05) is 18.8 Å². The van der Waals surface area contributed by atoms with E-state index >= 15 is 0 Å². The number of hydrogen-bond acceptors (Lipinski definition) is 8. The summed E-state index contributed by atoms with van der Waals surface area (Å²) >= 11 is 0. The van der Waals surface area contributed by atoms with Crippen molar-refractivity contribution in [2.45, 2.75) is 13.8 Å². The number of tetrazole rings is 1. The Morgan fingerprint density at radius 1 is 0.964 bits per heavy atom. The lowest BCUT2D eigenvalue weighted by Crippen LogP contribution is -2.17. The van der Waals surface area contributed by atoms with Crippen LogP contribution in [0.1, 0.15) is 11.4 Å². The number of anilines is 2. The fourth-order valence-electron chi connectivity index (χ4n) is 2.81. The number of nitrogens with one attached hydrogen (secondary N) is 2. The van der Waals surface area contributed by atoms with Gasteiger partial charge in [0.05, 0.1) is 23.8 Å². The molecule has 28 heavy (non-hydrogen) atoms. The summed E-state index contributed by atoms with van der Waals surface area (Å²) in [7, 11) is 0. The molecule has 142 valence electrons. The van der Waals surface area contributed by atoms with Crippen LogP contribution in [0.5, 0.6) is 0 Å². The van der Waals surface area contributed by atoms with Crippen molar-refractivity contribution in [3.63, 3.8) is 0 Å². The topological polar surface area (TPSA) is 111 Å². The monoisotopic (exact) mass is 376 g/mol. The van der Waals surface area contributed by atoms with E-state index in [0.717, 1.165) is 17.1 Å². The van der Waals surface area contributed by atoms with Gasteiger partial charge in [-0.15, -0.1) is 0 Å². The van der Waals surface area contributed by atoms with Crippen LogP contribution in [-0.2, 0) is 0 Å². The quantitative estimate of drug-likeness (QED) is 0.470. The molecule has 0 aliphatic carbocycles. The molecule has 0 radical (unpaired) electrons. The minimum atomic E-state index is 0.579. The SMILES string of the molecule is Cc1cc(C)n(-c2cncc(NCCNc3nnnn3-c3ccccc3)n2)n1. The highest BCUT2D eigenvalue weighted by Gasteiger charge is 2.08. The van der Waals surface area contributed by atoms with Gasteiger partial charge in [0.2, 0.25) is 5.95 Å². The number of aromatic nitrogens is 8. The fourth-order valence-corrected chi connectivity index (χ4v) is 2.81. The van der Waals surface area contributed by atoms with Crippen LogP contribution in [0.15, 0.2) is 48.8 Å². The van der Waals surface area contributed by atoms with E-state index in [1.165, 1.54) is 0 Å². The zero-order chi connectivity index (χ0) is 19.3. The van der Waals surface area contributed by atoms with Crippen LogP contribution >= 0.6 is 0 Å². The Morgan fingerprint density at radius 2 is 1.79 bits per heavy atom. The van der Waals surface area contributed by atoms with E-state index in [4.69, 9.17) is 0 Å². The molecule has 0 spiro atoms. The molecule has 0 aliphatic rings. The third kappa shape index (κ3) is 3.80. The highest BCUT2D eigenvalue weighted by molar-refractivity contribution is 5.39. The van der Waals surface area contributed by atoms with Crippen LogP contribution in [0.25, 0.3) is 11.5 Å². The molecule has 0 saturated heterocycles. The van der Waals surface area contributed by atoms with E-state index in [1.54, 1.807) is 21.8 Å². The molecule has 0 saturated carbocycles. The van der Waals surface area contributed by atoms with Crippen LogP contribution in [0.2, 0.25) is 0 Å². The standard InChI is InChI=1S/C18H20N10/c1-13-10-14(2)27(24-13)17-12-19-11-16(22-17)20-8-9-21-18-23-25-26-28(18)15-6-4-3-5-7-15/h3-7,10-12H,8-9H2,1-2H3,(H,20,22)(H,21,23,26). The lowest BCUT2D eigenvalue weighted by Gasteiger charge is -2.09. The van der Waals surface area contributed by atoms with E-state index < -0.39 is 0 Å². The smallest absolute Gasteiger partial charge is 0.247 e. The average molecular weight is 376 g/mol. The third-order valence-corrected chi connectivity index (χ3v) is 4.03. The average Bonchev–Trinajstić information content (AvgIpc) is 3.32. The Balaban J connectivity index is 1.36. The summed E-state index contributed by atoms with van der Waals surface area (Å²) in [5.74, 6) is 1.93. The van der Waals surface area contributed by atoms with Gasteiger partial charge in [-0.3, -0.25) is 4.98 Å². The van der Waals surface area contributed by atoms with Crippen molar-refractivity contribution < 1.29 is 0 Å². The van der Waals surface area contributed by atoms with Crippen LogP contribution < -0.4 is 10.6 Å². The van der Waals surface area contributed by atoms with Gasteiger partial charge in [0.1, 0.15) is 5.82 Å². The molecule has 3 aromatic heterocycles. The molecular weight excluding hydrogens is 356 g/mol. The molecule has 0 unspecified atom stereocenters. The molecule has 4 rings (SSSR count). The lowest BCUT2D eigenvalue weighted by molar-refractivity contribution is 0.789. The van der Waals surface area contributed by atoms with E-state index in [0.29, 0.717) is 30.7 Å². The Bertz CT molecular complexity index is 1050. The van der Waals surface area contributed by atoms with Gasteiger partial charge >= 0.3 is 0 Å². The number of aryl methyl sites for hydroxylation is 2. The summed E-state index contributed by atoms with van der Waals surface area (Å²) in [6, 6.07) is 11.7. The van der Waals surface area contributed by atoms with E-state index in [2.05, 4.69) is 41.2 Å². The van der Waals surface area contributed by atoms with Crippen molar-refractivity contribution in [1.29, 1.82) is 0 Å². The summed E-state index contributed by atoms with van der Waals surface area (Å²) in [5.41, 5.74) is 2.85. The maximum atomic E-state index is 4.57. The largest absolute Gasteiger partial charge is 0.367 e. The number of benzene rings is 1. The number of nitrogens with zero attached hydrogens (tertiary/aromatic N) is 8. The van der Waals surface area contributed by atoms with E-state index in [9.17, 15) is 0 Å². The van der Waals surface area contributed by atoms with Crippen LogP contribution in [-0.4, -0.2) is 53.0 Å². The molecule has 2 N–H and O–H groups in total. The van der Waals surface area contributed by atoms with Crippen LogP contribution in [0.4, 0.5) is 11.8 Å². The molecule has 0 atom stereocenters. The fraction of sp³-hybridized carbons (Fsp3) is 0.222. The first kappa shape index (κ1) is 17.6. The predicted octanol–water partition coefficient (Wildman–Crippen LogP) is 1.78. The third-order valence-electron chi connectivity index (χ3n) is 4.03. The maximum absolute atomic E-state index is 4.57. The first-order chi connectivity index (χ1) is 13.7. The zero-order valence-corrected chi connectivity index (χ0v) is 15.6. The highest BCUT2D eigenvalue weighted by Crippen LogP contribution is 2.12. The zero-order valence-electron chi connectivity index (χ0n) is 15.6. The molecule has 10 heteroatoms. The van der Waals surface area contributed by atoms with Gasteiger partial charge in [-0.05, 0) is 42.5 Å². The predicted molar refractivity (Wildman–Crippen MR) is 105 cm³/mol. The van der Waals surface area contributed by atoms with E-state index in [-0.39, 0.29) is 0 Å². The van der Waals surface area contributed by atoms with E-state index in [1.807, 2.05) is 50.2 Å². The number of para-hydroxylation sites is 1. The van der Waals surface area contributed by atoms with Crippen molar-refractivity contribution in [2.24, 2.45) is 0 Å². The summed E-state index contributed by atoms with van der Waals surface area (Å²) < 4.78 is 3.43. The van der Waals surface area contributed by atoms with Crippen LogP contribution in [0.3, 0.4) is 0 Å². The molecule has 3 heterocycles. The van der Waals surface area contributed by atoms with Crippen molar-refractivity contribution in [1.82, 2.24) is 40.0 Å². The number of hydrogen-bond donors (Lipinski definition) is 2. The Hall–Kier alpha value is -3.82. The van der Waals surface area contributed by atoms with Gasteiger partial charge < -0.3 is 10.6 Å². The summed E-state index contributed by atoms with van der Waals surface area (Å²) in [4.78, 5) is 8.82. The van der Waals surface area contributed by atoms with Crippen molar-refractivity contribution >= 4 is 11.8 Å². The minimum Gasteiger partial charge on any atom is -0.367 e. The molecule has 0 fully saturated rings. The Kier molecular flexibility index (Phi) is 4.91. The second-order valence-electron chi connectivity index (χ2n) is 6.20. The minimum absolute atomic E-state index is 0.579. The van der Waals surface area contributed by atoms with Gasteiger partial charge in [0.25, 0.3) is 0 Å². The Labute approximate surface area is 161 Å². The normalized spacial score (nSPS) is 10.8. The summed E-state index contributed by atoms with van der Waals surface area (Å²) in [6.07, 6.45) is 3.38. The van der Waals surface area contributed by atoms with Gasteiger partial charge in [0.15, 0.2) is 5.82 Å². The molecule has 0 bridgehead atoms. The van der Waals surface area contributed by atoms with Crippen LogP contribution in [0, 0.1) is 13.8 Å². The van der Waals surface area contributed by atoms with Crippen molar-refractivity contribution in [3.05, 3.63) is 60.2 Å². The van der Waals surface area contributed by atoms with Gasteiger partial charge in [-0.25, -0.2) is 9.67 Å². The Morgan fingerprint density at radius 3 is 2.57 bits per heavy atom. The molecule has 0 aliphatic heterocycles. The maximum Gasteiger partial charge on any atom is 0.247 e. The first-order valence-electron chi connectivity index (χ1n) is 8.88. The lowest BCUT2D eigenvalue weighted by atomic mass is 10.3. The molecule has 4 aromatic rings. The summed E-state index contributed by atoms with van der Waals surface area (Å²) in [5, 5.41) is 22.7. The summed E-state index contributed by atoms with van der Waals surface area (Å²) in [6.45, 7) is 5.17. The first-order valence-corrected chi connectivity index (χ1v) is 8.88. The second-order valence-corrected chi connectivity index (χ2v) is 6.20. The van der Waals surface area contributed by atoms with Crippen molar-refractivity contribution in [3.8, 4) is 11.5 Å². The molecule has 0 amide bonds. The van der Waals surface area contributed by atoms with Crippen molar-refractivity contribution in [2.75, 3.05) is 23.7 Å². The second kappa shape index (κ2) is 7.82. The molecular formula is C18H20N10. The number of rotatable bonds is 7. The van der Waals surface area contributed by atoms with Gasteiger partial charge in [-0.2, -0.15) is 9.78 Å².